The minimum absolute atomic E-state index is 0.0395. The first-order valence-corrected chi connectivity index (χ1v) is 8.25. The Balaban J connectivity index is 1.72. The number of hydrogen-bond donors (Lipinski definition) is 1. The number of rotatable bonds is 4. The fourth-order valence-corrected chi connectivity index (χ4v) is 3.15. The summed E-state index contributed by atoms with van der Waals surface area (Å²) in [5.74, 6) is 0.705. The van der Waals surface area contributed by atoms with Crippen LogP contribution in [0.5, 0.6) is 0 Å². The maximum atomic E-state index is 12.9. The first kappa shape index (κ1) is 15.4. The highest BCUT2D eigenvalue weighted by molar-refractivity contribution is 5.98. The predicted octanol–water partition coefficient (Wildman–Crippen LogP) is 4.06. The van der Waals surface area contributed by atoms with E-state index in [1.807, 2.05) is 18.2 Å². The summed E-state index contributed by atoms with van der Waals surface area (Å²) in [7, 11) is 0. The predicted molar refractivity (Wildman–Crippen MR) is 95.1 cm³/mol. The van der Waals surface area contributed by atoms with Crippen molar-refractivity contribution in [3.05, 3.63) is 83.1 Å². The van der Waals surface area contributed by atoms with Gasteiger partial charge in [-0.1, -0.05) is 12.1 Å². The molecule has 1 unspecified atom stereocenters. The number of nitrogens with zero attached hydrogens (tertiary/aromatic N) is 2. The van der Waals surface area contributed by atoms with Crippen LogP contribution in [0.4, 0.5) is 5.69 Å². The molecule has 4 rings (SSSR count). The molecule has 5 heteroatoms. The Labute approximate surface area is 146 Å². The number of furan rings is 1. The monoisotopic (exact) mass is 333 g/mol. The Morgan fingerprint density at radius 1 is 1.20 bits per heavy atom. The highest BCUT2D eigenvalue weighted by Gasteiger charge is 2.38. The van der Waals surface area contributed by atoms with Crippen LogP contribution in [0, 0.1) is 13.8 Å². The maximum Gasteiger partial charge on any atom is 0.258 e. The van der Waals surface area contributed by atoms with Gasteiger partial charge in [-0.3, -0.25) is 9.78 Å². The van der Waals surface area contributed by atoms with Crippen LogP contribution in [0.1, 0.15) is 39.1 Å². The Morgan fingerprint density at radius 2 is 2.08 bits per heavy atom. The largest absolute Gasteiger partial charge is 0.467 e. The molecular formula is C20H19N3O2. The van der Waals surface area contributed by atoms with Gasteiger partial charge < -0.3 is 14.6 Å². The zero-order chi connectivity index (χ0) is 17.4. The van der Waals surface area contributed by atoms with E-state index in [-0.39, 0.29) is 12.1 Å². The summed E-state index contributed by atoms with van der Waals surface area (Å²) in [6, 6.07) is 13.6. The van der Waals surface area contributed by atoms with Gasteiger partial charge in [0, 0.05) is 11.9 Å². The molecular weight excluding hydrogens is 314 g/mol. The molecule has 1 aliphatic rings. The third-order valence-electron chi connectivity index (χ3n) is 4.49. The summed E-state index contributed by atoms with van der Waals surface area (Å²) in [5.41, 5.74) is 4.68. The first-order chi connectivity index (χ1) is 12.1. The summed E-state index contributed by atoms with van der Waals surface area (Å²) in [4.78, 5) is 19.1. The average Bonchev–Trinajstić information content (AvgIpc) is 3.21. The molecule has 0 spiro atoms. The Kier molecular flexibility index (Phi) is 3.76. The van der Waals surface area contributed by atoms with E-state index in [1.54, 1.807) is 23.4 Å². The lowest BCUT2D eigenvalue weighted by Gasteiger charge is -2.26. The molecule has 0 saturated carbocycles. The highest BCUT2D eigenvalue weighted by Crippen LogP contribution is 2.35. The Morgan fingerprint density at radius 3 is 2.88 bits per heavy atom. The van der Waals surface area contributed by atoms with Crippen LogP contribution in [0.3, 0.4) is 0 Å². The van der Waals surface area contributed by atoms with Crippen molar-refractivity contribution in [2.75, 3.05) is 5.32 Å². The highest BCUT2D eigenvalue weighted by atomic mass is 16.3. The number of benzene rings is 1. The number of hydrogen-bond acceptors (Lipinski definition) is 4. The molecule has 0 radical (unpaired) electrons. The van der Waals surface area contributed by atoms with Crippen LogP contribution in [0.15, 0.2) is 59.3 Å². The summed E-state index contributed by atoms with van der Waals surface area (Å²) >= 11 is 0. The fourth-order valence-electron chi connectivity index (χ4n) is 3.15. The molecule has 126 valence electrons. The van der Waals surface area contributed by atoms with Crippen molar-refractivity contribution >= 4 is 11.6 Å². The van der Waals surface area contributed by atoms with Gasteiger partial charge in [0.2, 0.25) is 0 Å². The van der Waals surface area contributed by atoms with E-state index in [4.69, 9.17) is 4.42 Å². The molecule has 0 aliphatic carbocycles. The molecule has 0 fully saturated rings. The number of aromatic nitrogens is 1. The average molecular weight is 333 g/mol. The van der Waals surface area contributed by atoms with Gasteiger partial charge in [-0.15, -0.1) is 0 Å². The molecule has 2 aromatic heterocycles. The van der Waals surface area contributed by atoms with Crippen molar-refractivity contribution in [3.63, 3.8) is 0 Å². The van der Waals surface area contributed by atoms with Crippen LogP contribution >= 0.6 is 0 Å². The lowest BCUT2D eigenvalue weighted by atomic mass is 10.1. The van der Waals surface area contributed by atoms with Crippen molar-refractivity contribution in [1.29, 1.82) is 0 Å². The number of amides is 1. The van der Waals surface area contributed by atoms with Gasteiger partial charge in [-0.05, 0) is 55.3 Å². The summed E-state index contributed by atoms with van der Waals surface area (Å²) < 4.78 is 5.44. The van der Waals surface area contributed by atoms with Crippen molar-refractivity contribution in [2.45, 2.75) is 26.6 Å². The van der Waals surface area contributed by atoms with Gasteiger partial charge in [0.05, 0.1) is 24.1 Å². The van der Waals surface area contributed by atoms with E-state index >= 15 is 0 Å². The quantitative estimate of drug-likeness (QED) is 0.782. The number of fused-ring (bicyclic) bond motifs is 1. The zero-order valence-electron chi connectivity index (χ0n) is 14.2. The smallest absolute Gasteiger partial charge is 0.258 e. The van der Waals surface area contributed by atoms with Gasteiger partial charge in [0.25, 0.3) is 5.91 Å². The van der Waals surface area contributed by atoms with E-state index in [9.17, 15) is 4.79 Å². The third kappa shape index (κ3) is 2.78. The second-order valence-electron chi connectivity index (χ2n) is 6.31. The Bertz CT molecular complexity index is 918. The minimum atomic E-state index is -0.325. The van der Waals surface area contributed by atoms with Gasteiger partial charge >= 0.3 is 0 Å². The lowest BCUT2D eigenvalue weighted by molar-refractivity contribution is 0.0714. The summed E-state index contributed by atoms with van der Waals surface area (Å²) in [6.07, 6.45) is 3.02. The van der Waals surface area contributed by atoms with Crippen LogP contribution < -0.4 is 5.32 Å². The molecule has 1 N–H and O–H groups in total. The number of aryl methyl sites for hydroxylation is 2. The van der Waals surface area contributed by atoms with Crippen molar-refractivity contribution < 1.29 is 9.21 Å². The second kappa shape index (κ2) is 6.09. The van der Waals surface area contributed by atoms with E-state index in [0.29, 0.717) is 12.1 Å². The maximum absolute atomic E-state index is 12.9. The van der Waals surface area contributed by atoms with Gasteiger partial charge in [-0.25, -0.2) is 0 Å². The molecule has 1 amide bonds. The number of carbonyl (C=O) groups is 1. The molecule has 3 aromatic rings. The van der Waals surface area contributed by atoms with E-state index in [2.05, 4.69) is 42.3 Å². The fraction of sp³-hybridized carbons (Fsp3) is 0.200. The molecule has 1 atom stereocenters. The van der Waals surface area contributed by atoms with Crippen LogP contribution in [0.25, 0.3) is 0 Å². The van der Waals surface area contributed by atoms with Crippen LogP contribution in [-0.2, 0) is 6.54 Å². The normalized spacial score (nSPS) is 16.2. The van der Waals surface area contributed by atoms with E-state index < -0.39 is 0 Å². The Hall–Kier alpha value is -3.08. The molecule has 25 heavy (non-hydrogen) atoms. The van der Waals surface area contributed by atoms with Gasteiger partial charge in [-0.2, -0.15) is 0 Å². The topological polar surface area (TPSA) is 58.4 Å². The van der Waals surface area contributed by atoms with Crippen LogP contribution in [-0.4, -0.2) is 15.8 Å². The second-order valence-corrected chi connectivity index (χ2v) is 6.31. The van der Waals surface area contributed by atoms with Gasteiger partial charge in [0.15, 0.2) is 0 Å². The number of pyridine rings is 1. The SMILES string of the molecule is Cc1ccc(C)c(NC2c3ncccc3C(=O)N2Cc2ccco2)c1. The molecule has 0 bridgehead atoms. The van der Waals surface area contributed by atoms with Crippen LogP contribution in [0.2, 0.25) is 0 Å². The van der Waals surface area contributed by atoms with E-state index in [1.165, 1.54) is 0 Å². The molecule has 5 nitrogen and oxygen atoms in total. The lowest BCUT2D eigenvalue weighted by Crippen LogP contribution is -2.32. The van der Waals surface area contributed by atoms with Crippen molar-refractivity contribution in [2.24, 2.45) is 0 Å². The zero-order valence-corrected chi connectivity index (χ0v) is 14.2. The third-order valence-corrected chi connectivity index (χ3v) is 4.49. The van der Waals surface area contributed by atoms with Crippen molar-refractivity contribution in [1.82, 2.24) is 9.88 Å². The number of anilines is 1. The molecule has 0 saturated heterocycles. The van der Waals surface area contributed by atoms with Gasteiger partial charge in [0.1, 0.15) is 11.9 Å². The molecule has 3 heterocycles. The van der Waals surface area contributed by atoms with Crippen molar-refractivity contribution in [3.8, 4) is 0 Å². The standard InChI is InChI=1S/C20H19N3O2/c1-13-7-8-14(2)17(11-13)22-19-18-16(6-3-9-21-18)20(24)23(19)12-15-5-4-10-25-15/h3-11,19,22H,12H2,1-2H3. The number of nitrogens with one attached hydrogen (secondary N) is 1. The van der Waals surface area contributed by atoms with E-state index in [0.717, 1.165) is 28.3 Å². The number of carbonyl (C=O) groups excluding carboxylic acids is 1. The summed E-state index contributed by atoms with van der Waals surface area (Å²) in [6.45, 7) is 4.50. The first-order valence-electron chi connectivity index (χ1n) is 8.25. The molecule has 1 aromatic carbocycles. The summed E-state index contributed by atoms with van der Waals surface area (Å²) in [5, 5.41) is 3.50. The minimum Gasteiger partial charge on any atom is -0.467 e. The molecule has 1 aliphatic heterocycles.